The van der Waals surface area contributed by atoms with Gasteiger partial charge in [-0.05, 0) is 31.5 Å². The minimum atomic E-state index is -0.882. The maximum absolute atomic E-state index is 11.2. The van der Waals surface area contributed by atoms with Crippen molar-refractivity contribution in [2.24, 2.45) is 0 Å². The van der Waals surface area contributed by atoms with Gasteiger partial charge in [0.2, 0.25) is 0 Å². The van der Waals surface area contributed by atoms with Crippen LogP contribution < -0.4 is 4.90 Å². The summed E-state index contributed by atoms with van der Waals surface area (Å²) in [7, 11) is 0. The summed E-state index contributed by atoms with van der Waals surface area (Å²) in [6.07, 6.45) is 1.93. The number of aromatic carboxylic acids is 1. The predicted octanol–water partition coefficient (Wildman–Crippen LogP) is 1.87. The first-order valence-electron chi connectivity index (χ1n) is 7.35. The number of carboxylic acid groups (broad SMARTS) is 1. The molecule has 1 N–H and O–H groups in total. The third-order valence-corrected chi connectivity index (χ3v) is 3.71. The topological polar surface area (TPSA) is 56.7 Å². The Balaban J connectivity index is 2.12. The van der Waals surface area contributed by atoms with Crippen LogP contribution in [0.3, 0.4) is 0 Å². The average molecular weight is 277 g/mol. The molecule has 0 aromatic carbocycles. The van der Waals surface area contributed by atoms with Crippen LogP contribution in [0, 0.1) is 0 Å². The van der Waals surface area contributed by atoms with Gasteiger partial charge in [-0.3, -0.25) is 4.90 Å². The number of aromatic nitrogens is 1. The summed E-state index contributed by atoms with van der Waals surface area (Å²) < 4.78 is 0. The molecule has 2 heterocycles. The third-order valence-electron chi connectivity index (χ3n) is 3.71. The third kappa shape index (κ3) is 3.48. The van der Waals surface area contributed by atoms with E-state index in [0.717, 1.165) is 50.7 Å². The minimum absolute atomic E-state index is 0.336. The van der Waals surface area contributed by atoms with E-state index in [2.05, 4.69) is 21.7 Å². The zero-order chi connectivity index (χ0) is 14.5. The zero-order valence-corrected chi connectivity index (χ0v) is 12.3. The van der Waals surface area contributed by atoms with Gasteiger partial charge in [-0.25, -0.2) is 9.78 Å². The molecule has 0 atom stereocenters. The molecule has 110 valence electrons. The maximum Gasteiger partial charge on any atom is 0.335 e. The lowest BCUT2D eigenvalue weighted by molar-refractivity contribution is 0.0696. The molecule has 0 radical (unpaired) electrons. The second-order valence-electron chi connectivity index (χ2n) is 5.19. The molecule has 0 aliphatic carbocycles. The lowest BCUT2D eigenvalue weighted by Crippen LogP contribution is -2.46. The van der Waals surface area contributed by atoms with E-state index in [-0.39, 0.29) is 0 Å². The molecular formula is C15H23N3O2. The number of hydrogen-bond acceptors (Lipinski definition) is 4. The Morgan fingerprint density at radius 3 is 2.50 bits per heavy atom. The van der Waals surface area contributed by atoms with E-state index in [0.29, 0.717) is 5.56 Å². The fourth-order valence-corrected chi connectivity index (χ4v) is 2.56. The fourth-order valence-electron chi connectivity index (χ4n) is 2.56. The van der Waals surface area contributed by atoms with Gasteiger partial charge in [0.05, 0.1) is 5.56 Å². The van der Waals surface area contributed by atoms with Crippen LogP contribution in [0.2, 0.25) is 0 Å². The minimum Gasteiger partial charge on any atom is -0.478 e. The van der Waals surface area contributed by atoms with E-state index >= 15 is 0 Å². The lowest BCUT2D eigenvalue weighted by atomic mass is 10.2. The van der Waals surface area contributed by atoms with E-state index < -0.39 is 5.97 Å². The quantitative estimate of drug-likeness (QED) is 0.890. The van der Waals surface area contributed by atoms with Crippen LogP contribution in [0.4, 0.5) is 5.82 Å². The van der Waals surface area contributed by atoms with Crippen LogP contribution >= 0.6 is 0 Å². The number of rotatable bonds is 5. The number of anilines is 1. The van der Waals surface area contributed by atoms with Crippen molar-refractivity contribution in [2.45, 2.75) is 26.7 Å². The molecule has 0 saturated carbocycles. The number of nitrogens with zero attached hydrogens (tertiary/aromatic N) is 3. The molecule has 1 fully saturated rings. The van der Waals surface area contributed by atoms with Crippen molar-refractivity contribution in [1.29, 1.82) is 0 Å². The van der Waals surface area contributed by atoms with Crippen LogP contribution in [-0.2, 0) is 6.42 Å². The van der Waals surface area contributed by atoms with Gasteiger partial charge in [0.1, 0.15) is 5.82 Å². The number of pyridine rings is 1. The summed E-state index contributed by atoms with van der Waals surface area (Å²) in [6.45, 7) is 9.20. The first-order chi connectivity index (χ1) is 9.63. The maximum atomic E-state index is 11.2. The van der Waals surface area contributed by atoms with Crippen LogP contribution in [0.1, 0.15) is 36.3 Å². The Labute approximate surface area is 120 Å². The van der Waals surface area contributed by atoms with E-state index in [4.69, 9.17) is 0 Å². The first-order valence-corrected chi connectivity index (χ1v) is 7.35. The molecule has 1 aromatic rings. The summed E-state index contributed by atoms with van der Waals surface area (Å²) in [4.78, 5) is 20.4. The first kappa shape index (κ1) is 14.8. The molecule has 5 nitrogen and oxygen atoms in total. The summed E-state index contributed by atoms with van der Waals surface area (Å²) in [5.74, 6) is -0.0779. The van der Waals surface area contributed by atoms with Crippen molar-refractivity contribution in [1.82, 2.24) is 9.88 Å². The molecule has 1 aromatic heterocycles. The summed E-state index contributed by atoms with van der Waals surface area (Å²) >= 11 is 0. The van der Waals surface area contributed by atoms with E-state index in [1.165, 1.54) is 6.42 Å². The largest absolute Gasteiger partial charge is 0.478 e. The van der Waals surface area contributed by atoms with Gasteiger partial charge in [0.25, 0.3) is 0 Å². The van der Waals surface area contributed by atoms with Gasteiger partial charge in [-0.1, -0.05) is 13.8 Å². The van der Waals surface area contributed by atoms with Gasteiger partial charge in [-0.2, -0.15) is 0 Å². The second-order valence-corrected chi connectivity index (χ2v) is 5.19. The average Bonchev–Trinajstić information content (AvgIpc) is 2.47. The van der Waals surface area contributed by atoms with Crippen molar-refractivity contribution < 1.29 is 9.90 Å². The number of aryl methyl sites for hydroxylation is 1. The highest BCUT2D eigenvalue weighted by Crippen LogP contribution is 2.18. The Morgan fingerprint density at radius 2 is 1.95 bits per heavy atom. The number of hydrogen-bond donors (Lipinski definition) is 1. The summed E-state index contributed by atoms with van der Waals surface area (Å²) in [6, 6.07) is 3.36. The van der Waals surface area contributed by atoms with E-state index in [1.54, 1.807) is 12.1 Å². The summed E-state index contributed by atoms with van der Waals surface area (Å²) in [5, 5.41) is 9.19. The predicted molar refractivity (Wildman–Crippen MR) is 79.5 cm³/mol. The van der Waals surface area contributed by atoms with Gasteiger partial charge < -0.3 is 10.0 Å². The second kappa shape index (κ2) is 6.70. The molecule has 0 amide bonds. The molecule has 5 heteroatoms. The Kier molecular flexibility index (Phi) is 4.95. The Bertz CT molecular complexity index is 468. The highest BCUT2D eigenvalue weighted by Gasteiger charge is 2.19. The molecule has 0 spiro atoms. The Morgan fingerprint density at radius 1 is 1.25 bits per heavy atom. The molecule has 0 bridgehead atoms. The monoisotopic (exact) mass is 277 g/mol. The van der Waals surface area contributed by atoms with E-state index in [9.17, 15) is 9.90 Å². The molecule has 1 saturated heterocycles. The van der Waals surface area contributed by atoms with E-state index in [1.807, 2.05) is 6.92 Å². The molecule has 20 heavy (non-hydrogen) atoms. The van der Waals surface area contributed by atoms with Gasteiger partial charge in [-0.15, -0.1) is 0 Å². The highest BCUT2D eigenvalue weighted by atomic mass is 16.4. The van der Waals surface area contributed by atoms with Crippen molar-refractivity contribution >= 4 is 11.8 Å². The number of carboxylic acids is 1. The van der Waals surface area contributed by atoms with Crippen molar-refractivity contribution in [2.75, 3.05) is 37.6 Å². The molecular weight excluding hydrogens is 254 g/mol. The Hall–Kier alpha value is -1.62. The molecule has 1 aliphatic rings. The highest BCUT2D eigenvalue weighted by molar-refractivity contribution is 5.88. The zero-order valence-electron chi connectivity index (χ0n) is 12.3. The summed E-state index contributed by atoms with van der Waals surface area (Å²) in [5.41, 5.74) is 1.18. The van der Waals surface area contributed by atoms with Gasteiger partial charge >= 0.3 is 5.97 Å². The SMILES string of the molecule is CCCN1CCN(c2cc(C(=O)O)cc(CC)n2)CC1. The van der Waals surface area contributed by atoms with Crippen LogP contribution in [-0.4, -0.2) is 53.7 Å². The smallest absolute Gasteiger partial charge is 0.335 e. The van der Waals surface area contributed by atoms with Crippen LogP contribution in [0.5, 0.6) is 0 Å². The van der Waals surface area contributed by atoms with Crippen molar-refractivity contribution in [3.05, 3.63) is 23.4 Å². The van der Waals surface area contributed by atoms with Crippen LogP contribution in [0.25, 0.3) is 0 Å². The fraction of sp³-hybridized carbons (Fsp3) is 0.600. The number of carbonyl (C=O) groups is 1. The molecule has 2 rings (SSSR count). The normalized spacial score (nSPS) is 16.4. The standard InChI is InChI=1S/C15H23N3O2/c1-3-5-17-6-8-18(9-7-17)14-11-12(15(19)20)10-13(4-2)16-14/h10-11H,3-9H2,1-2H3,(H,19,20). The molecule has 0 unspecified atom stereocenters. The van der Waals surface area contributed by atoms with Crippen molar-refractivity contribution in [3.8, 4) is 0 Å². The molecule has 1 aliphatic heterocycles. The lowest BCUT2D eigenvalue weighted by Gasteiger charge is -2.35. The van der Waals surface area contributed by atoms with Gasteiger partial charge in [0.15, 0.2) is 0 Å². The van der Waals surface area contributed by atoms with Crippen molar-refractivity contribution in [3.63, 3.8) is 0 Å². The number of piperazine rings is 1. The van der Waals surface area contributed by atoms with Crippen LogP contribution in [0.15, 0.2) is 12.1 Å². The van der Waals surface area contributed by atoms with Gasteiger partial charge in [0, 0.05) is 31.9 Å².